The van der Waals surface area contributed by atoms with Crippen molar-refractivity contribution in [1.82, 2.24) is 9.97 Å². The molecule has 0 amide bonds. The van der Waals surface area contributed by atoms with E-state index in [0.29, 0.717) is 46.4 Å². The van der Waals surface area contributed by atoms with Crippen LogP contribution in [-0.2, 0) is 26.0 Å². The van der Waals surface area contributed by atoms with Gasteiger partial charge in [0.2, 0.25) is 0 Å². The Kier molecular flexibility index (Phi) is 6.06. The van der Waals surface area contributed by atoms with Crippen molar-refractivity contribution < 1.29 is 19.5 Å². The first-order valence-corrected chi connectivity index (χ1v) is 13.0. The van der Waals surface area contributed by atoms with Gasteiger partial charge in [0.15, 0.2) is 0 Å². The Hall–Kier alpha value is -4.94. The van der Waals surface area contributed by atoms with E-state index < -0.39 is 0 Å². The van der Waals surface area contributed by atoms with E-state index in [9.17, 15) is 0 Å². The van der Waals surface area contributed by atoms with Crippen LogP contribution < -0.4 is 20.9 Å². The minimum absolute atomic E-state index is 0. The molecule has 0 aliphatic carbocycles. The maximum absolute atomic E-state index is 9.01. The summed E-state index contributed by atoms with van der Waals surface area (Å²) in [5.41, 5.74) is 14.8. The normalized spacial score (nSPS) is 16.5. The van der Waals surface area contributed by atoms with Crippen LogP contribution in [0.5, 0.6) is 0 Å². The molecule has 7 nitrogen and oxygen atoms in total. The fourth-order valence-corrected chi connectivity index (χ4v) is 5.39. The average molecular weight is 580 g/mol. The van der Waals surface area contributed by atoms with Crippen LogP contribution in [0.25, 0.3) is 39.1 Å². The number of amidine groups is 2. The number of benzene rings is 4. The van der Waals surface area contributed by atoms with E-state index in [0.717, 1.165) is 43.8 Å². The summed E-state index contributed by atoms with van der Waals surface area (Å²) < 4.78 is 0. The Morgan fingerprint density at radius 2 is 1.15 bits per heavy atom. The Bertz CT molecular complexity index is 2210. The SMILES string of the molecule is [NH-]/C1=C\c2[n-]c(c3ccccc23)/N=C2\N=C(N=c3[n-]c(c4ccccc34)=NCc3ccccc31)c1ccccc12.[Zn]. The van der Waals surface area contributed by atoms with Crippen LogP contribution in [0.15, 0.2) is 117 Å². The van der Waals surface area contributed by atoms with E-state index in [1.54, 1.807) is 0 Å². The van der Waals surface area contributed by atoms with E-state index in [1.807, 2.05) is 103 Å². The van der Waals surface area contributed by atoms with Crippen LogP contribution >= 0.6 is 0 Å². The Labute approximate surface area is 247 Å². The largest absolute Gasteiger partial charge is 0.698 e. The second-order valence-electron chi connectivity index (χ2n) is 9.73. The zero-order valence-corrected chi connectivity index (χ0v) is 24.9. The Morgan fingerprint density at radius 3 is 1.90 bits per heavy atom. The van der Waals surface area contributed by atoms with Gasteiger partial charge in [-0.25, -0.2) is 4.99 Å². The smallest absolute Gasteiger partial charge is 0.0920 e. The summed E-state index contributed by atoms with van der Waals surface area (Å²) in [5, 5.41) is 3.69. The number of hydrogen-bond donors (Lipinski definition) is 0. The van der Waals surface area contributed by atoms with Gasteiger partial charge < -0.3 is 30.7 Å². The van der Waals surface area contributed by atoms with E-state index in [1.165, 1.54) is 0 Å². The number of rotatable bonds is 0. The monoisotopic (exact) mass is 578 g/mol. The molecule has 8 rings (SSSR count). The summed E-state index contributed by atoms with van der Waals surface area (Å²) in [6, 6.07) is 31.8. The fraction of sp³-hybridized carbons (Fsp3) is 0.0303. The van der Waals surface area contributed by atoms with E-state index in [4.69, 9.17) is 35.7 Å². The van der Waals surface area contributed by atoms with Crippen LogP contribution in [0.4, 0.5) is 5.82 Å². The first-order chi connectivity index (χ1) is 19.7. The summed E-state index contributed by atoms with van der Waals surface area (Å²) in [5.74, 6) is 1.68. The molecule has 0 atom stereocenters. The third-order valence-corrected chi connectivity index (χ3v) is 7.32. The molecule has 1 N–H and O–H groups in total. The average Bonchev–Trinajstić information content (AvgIpc) is 3.64. The van der Waals surface area contributed by atoms with Crippen molar-refractivity contribution in [2.75, 3.05) is 0 Å². The standard InChI is InChI=1S/C33H20N7.Zn/c34-27-17-28-21-11-3-4-12-22(21)30(36-28)38-32-25-15-7-8-16-26(25)33(40-32)39-31-24-14-6-5-13-23(24)29(37-31)35-18-19-9-1-2-10-20(19)27;/h1-17,34H,18H2;/q-3;/b27-17-;. The van der Waals surface area contributed by atoms with Crippen LogP contribution in [0.1, 0.15) is 27.9 Å². The van der Waals surface area contributed by atoms with Crippen LogP contribution in [0.3, 0.4) is 0 Å². The summed E-state index contributed by atoms with van der Waals surface area (Å²) in [4.78, 5) is 29.4. The quantitative estimate of drug-likeness (QED) is 0.214. The number of aliphatic imine (C=N–C) groups is 2. The number of fused-ring (bicyclic) bond motifs is 15. The van der Waals surface area contributed by atoms with Gasteiger partial charge in [-0.1, -0.05) is 103 Å². The number of nitrogens with zero attached hydrogens (tertiary/aromatic N) is 6. The molecule has 0 radical (unpaired) electrons. The van der Waals surface area contributed by atoms with E-state index in [-0.39, 0.29) is 19.5 Å². The molecule has 6 bridgehead atoms. The maximum atomic E-state index is 9.01. The van der Waals surface area contributed by atoms with Crippen LogP contribution in [-0.4, -0.2) is 11.7 Å². The molecule has 2 aliphatic heterocycles. The summed E-state index contributed by atoms with van der Waals surface area (Å²) in [6.07, 6.45) is 1.81. The molecule has 2 aromatic heterocycles. The minimum atomic E-state index is 0. The van der Waals surface area contributed by atoms with E-state index >= 15 is 0 Å². The van der Waals surface area contributed by atoms with Crippen molar-refractivity contribution in [2.45, 2.75) is 6.54 Å². The molecule has 8 heteroatoms. The van der Waals surface area contributed by atoms with Gasteiger partial charge in [0, 0.05) is 48.1 Å². The van der Waals surface area contributed by atoms with Gasteiger partial charge in [-0.2, -0.15) is 0 Å². The first-order valence-electron chi connectivity index (χ1n) is 13.0. The molecule has 0 unspecified atom stereocenters. The molecule has 0 fully saturated rings. The molecular formula is C33H20N7Zn-3. The van der Waals surface area contributed by atoms with Crippen LogP contribution in [0.2, 0.25) is 0 Å². The molecule has 4 aromatic carbocycles. The predicted octanol–water partition coefficient (Wildman–Crippen LogP) is 5.75. The first kappa shape index (κ1) is 25.1. The molecule has 192 valence electrons. The molecule has 2 aliphatic rings. The predicted molar refractivity (Wildman–Crippen MR) is 158 cm³/mol. The number of aromatic nitrogens is 2. The molecule has 0 saturated heterocycles. The third-order valence-electron chi connectivity index (χ3n) is 7.32. The Morgan fingerprint density at radius 1 is 0.561 bits per heavy atom. The van der Waals surface area contributed by atoms with Gasteiger partial charge in [0.25, 0.3) is 0 Å². The van der Waals surface area contributed by atoms with Gasteiger partial charge in [-0.3, -0.25) is 0 Å². The van der Waals surface area contributed by atoms with Crippen molar-refractivity contribution in [3.05, 3.63) is 142 Å². The molecular weight excluding hydrogens is 560 g/mol. The molecule has 6 aromatic rings. The topological polar surface area (TPSA) is 101 Å². The van der Waals surface area contributed by atoms with Crippen molar-refractivity contribution in [3.63, 3.8) is 0 Å². The third kappa shape index (κ3) is 4.15. The summed E-state index contributed by atoms with van der Waals surface area (Å²) in [6.45, 7) is 0.379. The van der Waals surface area contributed by atoms with E-state index in [2.05, 4.69) is 0 Å². The van der Waals surface area contributed by atoms with Crippen molar-refractivity contribution in [2.24, 2.45) is 20.0 Å². The van der Waals surface area contributed by atoms with Gasteiger partial charge in [-0.05, 0) is 44.2 Å². The van der Waals surface area contributed by atoms with Crippen LogP contribution in [0, 0.1) is 0 Å². The zero-order chi connectivity index (χ0) is 26.6. The van der Waals surface area contributed by atoms with Gasteiger partial charge >= 0.3 is 0 Å². The summed E-state index contributed by atoms with van der Waals surface area (Å²) >= 11 is 0. The van der Waals surface area contributed by atoms with Crippen molar-refractivity contribution >= 4 is 50.8 Å². The molecule has 0 saturated carbocycles. The summed E-state index contributed by atoms with van der Waals surface area (Å²) in [7, 11) is 0. The van der Waals surface area contributed by atoms with Gasteiger partial charge in [-0.15, -0.1) is 5.70 Å². The number of nitrogens with one attached hydrogen (secondary N) is 1. The second-order valence-corrected chi connectivity index (χ2v) is 9.73. The van der Waals surface area contributed by atoms with Gasteiger partial charge in [0.1, 0.15) is 0 Å². The molecule has 0 spiro atoms. The molecule has 4 heterocycles. The zero-order valence-electron chi connectivity index (χ0n) is 21.9. The van der Waals surface area contributed by atoms with Crippen molar-refractivity contribution in [1.29, 1.82) is 0 Å². The maximum Gasteiger partial charge on any atom is 0.0920 e. The van der Waals surface area contributed by atoms with Crippen molar-refractivity contribution in [3.8, 4) is 0 Å². The van der Waals surface area contributed by atoms with Gasteiger partial charge in [0.05, 0.1) is 11.7 Å². The Balaban J connectivity index is 0.00000276. The molecule has 41 heavy (non-hydrogen) atoms. The minimum Gasteiger partial charge on any atom is -0.698 e. The number of hydrogen-bond acceptors (Lipinski definition) is 4. The second kappa shape index (κ2) is 9.91. The fourth-order valence-electron chi connectivity index (χ4n) is 5.39.